The predicted molar refractivity (Wildman–Crippen MR) is 39.5 cm³/mol. The molecule has 0 spiro atoms. The van der Waals surface area contributed by atoms with Gasteiger partial charge in [0.1, 0.15) is 5.82 Å². The van der Waals surface area contributed by atoms with Crippen LogP contribution in [-0.2, 0) is 0 Å². The van der Waals surface area contributed by atoms with E-state index < -0.39 is 17.6 Å². The van der Waals surface area contributed by atoms with Crippen LogP contribution in [0.2, 0.25) is 0 Å². The van der Waals surface area contributed by atoms with E-state index in [4.69, 9.17) is 0 Å². The SMILES string of the molecule is Fc1cc(F)c(C2CCN2)nc1F. The fourth-order valence-electron chi connectivity index (χ4n) is 1.22. The summed E-state index contributed by atoms with van der Waals surface area (Å²) in [6.45, 7) is 0.755. The third-order valence-electron chi connectivity index (χ3n) is 2.07. The monoisotopic (exact) mass is 188 g/mol. The number of rotatable bonds is 1. The van der Waals surface area contributed by atoms with Gasteiger partial charge in [0.15, 0.2) is 5.82 Å². The van der Waals surface area contributed by atoms with Crippen molar-refractivity contribution in [3.8, 4) is 0 Å². The van der Waals surface area contributed by atoms with E-state index in [1.807, 2.05) is 0 Å². The van der Waals surface area contributed by atoms with Crippen molar-refractivity contribution in [1.82, 2.24) is 10.3 Å². The van der Waals surface area contributed by atoms with Gasteiger partial charge in [-0.3, -0.25) is 0 Å². The average Bonchev–Trinajstić information content (AvgIpc) is 1.96. The summed E-state index contributed by atoms with van der Waals surface area (Å²) in [6, 6.07) is 0.257. The fourth-order valence-corrected chi connectivity index (χ4v) is 1.22. The van der Waals surface area contributed by atoms with Crippen LogP contribution in [0.25, 0.3) is 0 Å². The first-order chi connectivity index (χ1) is 6.18. The summed E-state index contributed by atoms with van der Waals surface area (Å²) in [5.74, 6) is -3.29. The van der Waals surface area contributed by atoms with Crippen molar-refractivity contribution in [3.63, 3.8) is 0 Å². The quantitative estimate of drug-likeness (QED) is 0.676. The molecule has 0 saturated carbocycles. The molecule has 1 unspecified atom stereocenters. The first-order valence-corrected chi connectivity index (χ1v) is 3.93. The molecule has 2 rings (SSSR count). The van der Waals surface area contributed by atoms with Gasteiger partial charge in [-0.15, -0.1) is 0 Å². The first kappa shape index (κ1) is 8.50. The van der Waals surface area contributed by atoms with Crippen LogP contribution in [0.15, 0.2) is 6.07 Å². The third kappa shape index (κ3) is 1.39. The van der Waals surface area contributed by atoms with E-state index in [0.29, 0.717) is 12.5 Å². The Morgan fingerprint density at radius 3 is 2.54 bits per heavy atom. The Morgan fingerprint density at radius 1 is 1.31 bits per heavy atom. The van der Waals surface area contributed by atoms with Gasteiger partial charge in [-0.25, -0.2) is 13.8 Å². The second-order valence-corrected chi connectivity index (χ2v) is 2.92. The predicted octanol–water partition coefficient (Wildman–Crippen LogP) is 1.53. The molecule has 0 radical (unpaired) electrons. The molecule has 70 valence electrons. The first-order valence-electron chi connectivity index (χ1n) is 3.93. The molecule has 1 aromatic heterocycles. The van der Waals surface area contributed by atoms with Gasteiger partial charge in [0.05, 0.1) is 11.7 Å². The summed E-state index contributed by atoms with van der Waals surface area (Å²) in [5.41, 5.74) is -0.0369. The highest BCUT2D eigenvalue weighted by molar-refractivity contribution is 5.15. The van der Waals surface area contributed by atoms with Crippen LogP contribution in [-0.4, -0.2) is 11.5 Å². The van der Waals surface area contributed by atoms with Crippen LogP contribution in [0.5, 0.6) is 0 Å². The molecule has 0 aromatic carbocycles. The van der Waals surface area contributed by atoms with Crippen LogP contribution in [0.4, 0.5) is 13.2 Å². The van der Waals surface area contributed by atoms with Gasteiger partial charge < -0.3 is 5.32 Å². The van der Waals surface area contributed by atoms with Crippen LogP contribution >= 0.6 is 0 Å². The van der Waals surface area contributed by atoms with E-state index in [1.54, 1.807) is 0 Å². The smallest absolute Gasteiger partial charge is 0.249 e. The molecule has 0 amide bonds. The molecule has 1 atom stereocenters. The van der Waals surface area contributed by atoms with E-state index in [1.165, 1.54) is 0 Å². The molecule has 1 aliphatic heterocycles. The van der Waals surface area contributed by atoms with Crippen molar-refractivity contribution in [2.24, 2.45) is 0 Å². The van der Waals surface area contributed by atoms with Crippen molar-refractivity contribution in [3.05, 3.63) is 29.3 Å². The summed E-state index contributed by atoms with van der Waals surface area (Å²) in [4.78, 5) is 3.22. The Bertz CT molecular complexity index is 336. The van der Waals surface area contributed by atoms with E-state index in [9.17, 15) is 13.2 Å². The zero-order chi connectivity index (χ0) is 9.42. The van der Waals surface area contributed by atoms with Gasteiger partial charge in [-0.1, -0.05) is 0 Å². The van der Waals surface area contributed by atoms with Crippen molar-refractivity contribution < 1.29 is 13.2 Å². The number of nitrogens with one attached hydrogen (secondary N) is 1. The minimum Gasteiger partial charge on any atom is -0.308 e. The highest BCUT2D eigenvalue weighted by Crippen LogP contribution is 2.24. The summed E-state index contributed by atoms with van der Waals surface area (Å²) in [5, 5.41) is 2.86. The lowest BCUT2D eigenvalue weighted by Crippen LogP contribution is -2.36. The van der Waals surface area contributed by atoms with Gasteiger partial charge in [-0.05, 0) is 13.0 Å². The summed E-state index contributed by atoms with van der Waals surface area (Å²) >= 11 is 0. The Balaban J connectivity index is 2.39. The molecule has 1 saturated heterocycles. The molecule has 13 heavy (non-hydrogen) atoms. The number of hydrogen-bond donors (Lipinski definition) is 1. The molecular formula is C8H7F3N2. The van der Waals surface area contributed by atoms with E-state index in [2.05, 4.69) is 10.3 Å². The van der Waals surface area contributed by atoms with Gasteiger partial charge >= 0.3 is 0 Å². The van der Waals surface area contributed by atoms with Crippen molar-refractivity contribution in [1.29, 1.82) is 0 Å². The second kappa shape index (κ2) is 2.99. The molecule has 1 aromatic rings. The van der Waals surface area contributed by atoms with Crippen molar-refractivity contribution in [2.75, 3.05) is 6.54 Å². The number of hydrogen-bond acceptors (Lipinski definition) is 2. The summed E-state index contributed by atoms with van der Waals surface area (Å²) in [6.07, 6.45) is 0.703. The lowest BCUT2D eigenvalue weighted by atomic mass is 10.0. The maximum absolute atomic E-state index is 13.0. The summed E-state index contributed by atoms with van der Waals surface area (Å²) in [7, 11) is 0. The molecule has 2 nitrogen and oxygen atoms in total. The third-order valence-corrected chi connectivity index (χ3v) is 2.07. The van der Waals surface area contributed by atoms with Gasteiger partial charge in [0.2, 0.25) is 5.95 Å². The zero-order valence-electron chi connectivity index (χ0n) is 6.65. The lowest BCUT2D eigenvalue weighted by molar-refractivity contribution is 0.348. The largest absolute Gasteiger partial charge is 0.308 e. The normalized spacial score (nSPS) is 21.3. The molecule has 1 N–H and O–H groups in total. The standard InChI is InChI=1S/C8H7F3N2/c9-4-3-5(10)8(11)13-7(4)6-1-2-12-6/h3,6,12H,1-2H2. The molecule has 5 heteroatoms. The molecule has 0 bridgehead atoms. The summed E-state index contributed by atoms with van der Waals surface area (Å²) < 4.78 is 38.0. The van der Waals surface area contributed by atoms with Crippen LogP contribution in [0.3, 0.4) is 0 Å². The van der Waals surface area contributed by atoms with Crippen LogP contribution in [0, 0.1) is 17.6 Å². The Kier molecular flexibility index (Phi) is 1.95. The molecule has 2 heterocycles. The Hall–Kier alpha value is -1.10. The van der Waals surface area contributed by atoms with Gasteiger partial charge in [0, 0.05) is 6.07 Å². The van der Waals surface area contributed by atoms with Crippen molar-refractivity contribution in [2.45, 2.75) is 12.5 Å². The minimum atomic E-state index is -1.25. The Labute approximate surface area is 72.8 Å². The van der Waals surface area contributed by atoms with Crippen LogP contribution < -0.4 is 5.32 Å². The lowest BCUT2D eigenvalue weighted by Gasteiger charge is -2.27. The van der Waals surface area contributed by atoms with E-state index in [0.717, 1.165) is 6.54 Å². The maximum Gasteiger partial charge on any atom is 0.249 e. The number of aromatic nitrogens is 1. The highest BCUT2D eigenvalue weighted by atomic mass is 19.2. The molecule has 1 fully saturated rings. The number of halogens is 3. The minimum absolute atomic E-state index is 0.0369. The number of pyridine rings is 1. The molecule has 0 aliphatic carbocycles. The Morgan fingerprint density at radius 2 is 2.00 bits per heavy atom. The van der Waals surface area contributed by atoms with Crippen LogP contribution in [0.1, 0.15) is 18.2 Å². The highest BCUT2D eigenvalue weighted by Gasteiger charge is 2.25. The van der Waals surface area contributed by atoms with Crippen molar-refractivity contribution >= 4 is 0 Å². The second-order valence-electron chi connectivity index (χ2n) is 2.92. The molecular weight excluding hydrogens is 181 g/mol. The average molecular weight is 188 g/mol. The zero-order valence-corrected chi connectivity index (χ0v) is 6.65. The fraction of sp³-hybridized carbons (Fsp3) is 0.375. The maximum atomic E-state index is 13.0. The van der Waals surface area contributed by atoms with E-state index in [-0.39, 0.29) is 11.7 Å². The number of nitrogens with zero attached hydrogens (tertiary/aromatic N) is 1. The molecule has 1 aliphatic rings. The van der Waals surface area contributed by atoms with E-state index >= 15 is 0 Å². The van der Waals surface area contributed by atoms with Gasteiger partial charge in [-0.2, -0.15) is 4.39 Å². The van der Waals surface area contributed by atoms with Gasteiger partial charge in [0.25, 0.3) is 0 Å². The topological polar surface area (TPSA) is 24.9 Å².